The first-order valence-corrected chi connectivity index (χ1v) is 1.95. The van der Waals surface area contributed by atoms with Gasteiger partial charge in [0.2, 0.25) is 0 Å². The van der Waals surface area contributed by atoms with Crippen LogP contribution < -0.4 is 0 Å². The van der Waals surface area contributed by atoms with Crippen molar-refractivity contribution in [3.63, 3.8) is 0 Å². The molecule has 0 fully saturated rings. The van der Waals surface area contributed by atoms with Crippen molar-refractivity contribution in [1.29, 1.82) is 0 Å². The fraction of sp³-hybridized carbons (Fsp3) is 0.500. The van der Waals surface area contributed by atoms with Crippen LogP contribution in [0.5, 0.6) is 0 Å². The summed E-state index contributed by atoms with van der Waals surface area (Å²) in [6, 6.07) is 0. The van der Waals surface area contributed by atoms with E-state index in [-0.39, 0.29) is 0 Å². The van der Waals surface area contributed by atoms with E-state index >= 15 is 0 Å². The second kappa shape index (κ2) is 3.25. The summed E-state index contributed by atoms with van der Waals surface area (Å²) in [5.74, 6) is 0. The second-order valence-electron chi connectivity index (χ2n) is 1.41. The van der Waals surface area contributed by atoms with E-state index in [0.29, 0.717) is 0 Å². The van der Waals surface area contributed by atoms with Crippen LogP contribution in [-0.4, -0.2) is 0 Å². The Morgan fingerprint density at radius 1 is 1.71 bits per heavy atom. The smallest absolute Gasteiger partial charge is 0.00475 e. The van der Waals surface area contributed by atoms with Gasteiger partial charge in [0, 0.05) is 4.91 Å². The van der Waals surface area contributed by atoms with Gasteiger partial charge in [-0.25, -0.2) is 0 Å². The molecule has 0 saturated heterocycles. The summed E-state index contributed by atoms with van der Waals surface area (Å²) in [5, 5.41) is 3.19. The SMILES string of the molecule is CC(C)=CN=[N+]=[N-]. The van der Waals surface area contributed by atoms with Gasteiger partial charge < -0.3 is 0 Å². The van der Waals surface area contributed by atoms with E-state index in [1.165, 1.54) is 6.20 Å². The second-order valence-corrected chi connectivity index (χ2v) is 1.41. The lowest BCUT2D eigenvalue weighted by Crippen LogP contribution is -1.54. The zero-order chi connectivity index (χ0) is 5.70. The molecule has 0 spiro atoms. The summed E-state index contributed by atoms with van der Waals surface area (Å²) >= 11 is 0. The molecule has 7 heavy (non-hydrogen) atoms. The standard InChI is InChI=1S/C4H7N3/c1-4(2)3-6-7-5/h3H,1-2H3. The maximum Gasteiger partial charge on any atom is 0.00475 e. The van der Waals surface area contributed by atoms with Crippen LogP contribution in [0, 0.1) is 0 Å². The molecule has 0 aromatic carbocycles. The molecule has 0 heterocycles. The zero-order valence-electron chi connectivity index (χ0n) is 4.42. The average Bonchev–Trinajstić information content (AvgIpc) is 1.61. The highest BCUT2D eigenvalue weighted by atomic mass is 15.1. The third-order valence-electron chi connectivity index (χ3n) is 0.368. The van der Waals surface area contributed by atoms with Gasteiger partial charge in [0.25, 0.3) is 0 Å². The van der Waals surface area contributed by atoms with Gasteiger partial charge in [-0.2, -0.15) is 0 Å². The molecule has 0 saturated carbocycles. The molecular weight excluding hydrogens is 90.1 g/mol. The van der Waals surface area contributed by atoms with Gasteiger partial charge in [0.1, 0.15) is 0 Å². The summed E-state index contributed by atoms with van der Waals surface area (Å²) in [4.78, 5) is 2.52. The number of nitrogens with zero attached hydrogens (tertiary/aromatic N) is 3. The lowest BCUT2D eigenvalue weighted by atomic mass is 10.4. The molecule has 0 amide bonds. The van der Waals surface area contributed by atoms with E-state index < -0.39 is 0 Å². The Balaban J connectivity index is 3.69. The summed E-state index contributed by atoms with van der Waals surface area (Å²) in [6.45, 7) is 3.74. The molecule has 0 aromatic heterocycles. The van der Waals surface area contributed by atoms with Crippen molar-refractivity contribution in [2.24, 2.45) is 5.11 Å². The largest absolute Gasteiger partial charge is 0.0742 e. The number of allylic oxidation sites excluding steroid dienone is 1. The van der Waals surface area contributed by atoms with Gasteiger partial charge >= 0.3 is 0 Å². The molecule has 0 rings (SSSR count). The topological polar surface area (TPSA) is 48.8 Å². The van der Waals surface area contributed by atoms with Crippen LogP contribution in [0.25, 0.3) is 10.4 Å². The Bertz CT molecular complexity index is 115. The third-order valence-corrected chi connectivity index (χ3v) is 0.368. The van der Waals surface area contributed by atoms with Gasteiger partial charge in [0.15, 0.2) is 0 Å². The number of hydrogen-bond acceptors (Lipinski definition) is 1. The first-order chi connectivity index (χ1) is 3.27. The lowest BCUT2D eigenvalue weighted by Gasteiger charge is -1.75. The Morgan fingerprint density at radius 3 is 2.43 bits per heavy atom. The van der Waals surface area contributed by atoms with Crippen molar-refractivity contribution in [2.75, 3.05) is 0 Å². The van der Waals surface area contributed by atoms with Gasteiger partial charge in [-0.3, -0.25) is 0 Å². The van der Waals surface area contributed by atoms with Crippen LogP contribution in [0.4, 0.5) is 0 Å². The maximum atomic E-state index is 7.73. The highest BCUT2D eigenvalue weighted by Crippen LogP contribution is 1.86. The predicted octanol–water partition coefficient (Wildman–Crippen LogP) is 2.22. The Kier molecular flexibility index (Phi) is 2.81. The van der Waals surface area contributed by atoms with E-state index in [1.54, 1.807) is 0 Å². The van der Waals surface area contributed by atoms with Crippen molar-refractivity contribution in [3.8, 4) is 0 Å². The van der Waals surface area contributed by atoms with Crippen LogP contribution in [0.1, 0.15) is 13.8 Å². The van der Waals surface area contributed by atoms with E-state index in [2.05, 4.69) is 10.0 Å². The molecule has 3 heteroatoms. The van der Waals surface area contributed by atoms with Crippen molar-refractivity contribution in [2.45, 2.75) is 13.8 Å². The molecule has 0 aliphatic heterocycles. The van der Waals surface area contributed by atoms with E-state index in [9.17, 15) is 0 Å². The van der Waals surface area contributed by atoms with Gasteiger partial charge in [-0.05, 0) is 25.6 Å². The molecule has 0 radical (unpaired) electrons. The fourth-order valence-electron chi connectivity index (χ4n) is 0.141. The molecule has 0 aliphatic carbocycles. The van der Waals surface area contributed by atoms with Gasteiger partial charge in [-0.1, -0.05) is 10.7 Å². The van der Waals surface area contributed by atoms with Crippen molar-refractivity contribution in [1.82, 2.24) is 0 Å². The molecule has 0 aliphatic rings. The van der Waals surface area contributed by atoms with E-state index in [0.717, 1.165) is 5.57 Å². The molecular formula is C4H7N3. The van der Waals surface area contributed by atoms with Crippen molar-refractivity contribution in [3.05, 3.63) is 22.2 Å². The predicted molar refractivity (Wildman–Crippen MR) is 28.6 cm³/mol. The Hall–Kier alpha value is -0.950. The Morgan fingerprint density at radius 2 is 2.29 bits per heavy atom. The van der Waals surface area contributed by atoms with Crippen LogP contribution in [0.2, 0.25) is 0 Å². The highest BCUT2D eigenvalue weighted by Gasteiger charge is 1.66. The third kappa shape index (κ3) is 5.05. The van der Waals surface area contributed by atoms with Crippen molar-refractivity contribution < 1.29 is 0 Å². The zero-order valence-corrected chi connectivity index (χ0v) is 4.42. The number of azide groups is 1. The fourth-order valence-corrected chi connectivity index (χ4v) is 0.141. The normalized spacial score (nSPS) is 6.57. The highest BCUT2D eigenvalue weighted by molar-refractivity contribution is 4.90. The summed E-state index contributed by atoms with van der Waals surface area (Å²) in [5.41, 5.74) is 8.74. The minimum atomic E-state index is 1.01. The maximum absolute atomic E-state index is 7.73. The van der Waals surface area contributed by atoms with Crippen LogP contribution in [0.15, 0.2) is 16.9 Å². The monoisotopic (exact) mass is 97.1 g/mol. The number of hydrogen-bond donors (Lipinski definition) is 0. The molecule has 3 nitrogen and oxygen atoms in total. The molecule has 0 bridgehead atoms. The van der Waals surface area contributed by atoms with Gasteiger partial charge in [-0.15, -0.1) is 0 Å². The molecule has 0 aromatic rings. The first kappa shape index (κ1) is 6.05. The number of rotatable bonds is 1. The first-order valence-electron chi connectivity index (χ1n) is 1.95. The summed E-state index contributed by atoms with van der Waals surface area (Å²) in [6.07, 6.45) is 1.47. The van der Waals surface area contributed by atoms with Crippen molar-refractivity contribution >= 4 is 0 Å². The quantitative estimate of drug-likeness (QED) is 0.273. The van der Waals surface area contributed by atoms with Crippen LogP contribution in [0.3, 0.4) is 0 Å². The Labute approximate surface area is 42.3 Å². The van der Waals surface area contributed by atoms with Crippen LogP contribution >= 0.6 is 0 Å². The molecule has 38 valence electrons. The summed E-state index contributed by atoms with van der Waals surface area (Å²) < 4.78 is 0. The lowest BCUT2D eigenvalue weighted by molar-refractivity contribution is 1.32. The minimum absolute atomic E-state index is 1.01. The van der Waals surface area contributed by atoms with E-state index in [4.69, 9.17) is 5.53 Å². The van der Waals surface area contributed by atoms with E-state index in [1.807, 2.05) is 13.8 Å². The summed E-state index contributed by atoms with van der Waals surface area (Å²) in [7, 11) is 0. The van der Waals surface area contributed by atoms with Crippen LogP contribution in [-0.2, 0) is 0 Å². The average molecular weight is 97.1 g/mol. The molecule has 0 atom stereocenters. The molecule has 0 N–H and O–H groups in total. The van der Waals surface area contributed by atoms with Gasteiger partial charge in [0.05, 0.1) is 0 Å². The molecule has 0 unspecified atom stereocenters. The minimum Gasteiger partial charge on any atom is -0.0742 e.